The van der Waals surface area contributed by atoms with Crippen molar-refractivity contribution in [3.05, 3.63) is 71.9 Å². The van der Waals surface area contributed by atoms with Crippen molar-refractivity contribution in [2.75, 3.05) is 0 Å². The van der Waals surface area contributed by atoms with E-state index < -0.39 is 0 Å². The number of nitrogens with zero attached hydrogens (tertiary/aromatic N) is 2. The van der Waals surface area contributed by atoms with E-state index in [1.165, 1.54) is 36.1 Å². The van der Waals surface area contributed by atoms with Crippen LogP contribution >= 0.6 is 0 Å². The highest BCUT2D eigenvalue weighted by Crippen LogP contribution is 2.39. The summed E-state index contributed by atoms with van der Waals surface area (Å²) >= 11 is 0. The lowest BCUT2D eigenvalue weighted by molar-refractivity contribution is 0.421. The smallest absolute Gasteiger partial charge is 0.123 e. The molecule has 3 aromatic rings. The van der Waals surface area contributed by atoms with Crippen LogP contribution in [0.3, 0.4) is 0 Å². The molecule has 3 nitrogen and oxygen atoms in total. The van der Waals surface area contributed by atoms with Crippen LogP contribution in [-0.2, 0) is 12.8 Å². The second-order valence-corrected chi connectivity index (χ2v) is 7.71. The molecule has 2 bridgehead atoms. The lowest BCUT2D eigenvalue weighted by Gasteiger charge is -2.15. The van der Waals surface area contributed by atoms with Crippen molar-refractivity contribution >= 4 is 0 Å². The van der Waals surface area contributed by atoms with Gasteiger partial charge >= 0.3 is 0 Å². The van der Waals surface area contributed by atoms with Gasteiger partial charge in [0.05, 0.1) is 12.0 Å². The predicted octanol–water partition coefficient (Wildman–Crippen LogP) is 4.13. The highest BCUT2D eigenvalue weighted by Gasteiger charge is 2.36. The van der Waals surface area contributed by atoms with Gasteiger partial charge in [0.2, 0.25) is 0 Å². The number of aromatic nitrogens is 2. The minimum atomic E-state index is -0.229. The molecule has 0 amide bonds. The number of hydrogen-bond acceptors (Lipinski definition) is 2. The second-order valence-electron chi connectivity index (χ2n) is 7.71. The normalized spacial score (nSPS) is 24.3. The molecule has 0 aliphatic heterocycles. The molecule has 5 rings (SSSR count). The van der Waals surface area contributed by atoms with E-state index in [1.54, 1.807) is 18.5 Å². The fraction of sp³-hybridized carbons (Fsp3) is 0.318. The van der Waals surface area contributed by atoms with Crippen LogP contribution in [0.15, 0.2) is 55.0 Å². The van der Waals surface area contributed by atoms with Crippen LogP contribution in [0.1, 0.15) is 24.0 Å². The van der Waals surface area contributed by atoms with E-state index in [-0.39, 0.29) is 5.82 Å². The molecule has 26 heavy (non-hydrogen) atoms. The van der Waals surface area contributed by atoms with Gasteiger partial charge in [-0.05, 0) is 79.0 Å². The quantitative estimate of drug-likeness (QED) is 0.757. The molecule has 1 unspecified atom stereocenters. The van der Waals surface area contributed by atoms with E-state index in [4.69, 9.17) is 5.73 Å². The average Bonchev–Trinajstić information content (AvgIpc) is 3.21. The predicted molar refractivity (Wildman–Crippen MR) is 101 cm³/mol. The van der Waals surface area contributed by atoms with Crippen molar-refractivity contribution < 1.29 is 4.39 Å². The fourth-order valence-electron chi connectivity index (χ4n) is 4.64. The lowest BCUT2D eigenvalue weighted by Crippen LogP contribution is -2.31. The number of rotatable bonds is 2. The highest BCUT2D eigenvalue weighted by atomic mass is 19.1. The van der Waals surface area contributed by atoms with E-state index in [0.29, 0.717) is 17.9 Å². The Balaban J connectivity index is 1.47. The Kier molecular flexibility index (Phi) is 3.68. The molecule has 132 valence electrons. The summed E-state index contributed by atoms with van der Waals surface area (Å²) < 4.78 is 15.1. The number of hydrogen-bond donors (Lipinski definition) is 1. The third-order valence-corrected chi connectivity index (χ3v) is 6.17. The van der Waals surface area contributed by atoms with Gasteiger partial charge in [0, 0.05) is 23.5 Å². The van der Waals surface area contributed by atoms with Crippen molar-refractivity contribution in [3.63, 3.8) is 0 Å². The van der Waals surface area contributed by atoms with Gasteiger partial charge in [-0.2, -0.15) is 0 Å². The molecular formula is C22H22FN3. The van der Waals surface area contributed by atoms with E-state index in [9.17, 15) is 4.39 Å². The van der Waals surface area contributed by atoms with Crippen molar-refractivity contribution in [2.45, 2.75) is 31.7 Å². The molecule has 0 saturated heterocycles. The van der Waals surface area contributed by atoms with E-state index in [0.717, 1.165) is 29.8 Å². The molecule has 1 saturated carbocycles. The van der Waals surface area contributed by atoms with Crippen LogP contribution in [0, 0.1) is 17.7 Å². The monoisotopic (exact) mass is 347 g/mol. The van der Waals surface area contributed by atoms with Crippen LogP contribution in [0.5, 0.6) is 0 Å². The minimum absolute atomic E-state index is 0.229. The Morgan fingerprint density at radius 1 is 0.962 bits per heavy atom. The first kappa shape index (κ1) is 15.8. The van der Waals surface area contributed by atoms with Gasteiger partial charge in [0.15, 0.2) is 0 Å². The Hall–Kier alpha value is -2.46. The third-order valence-electron chi connectivity index (χ3n) is 6.17. The molecule has 2 aliphatic rings. The maximum Gasteiger partial charge on any atom is 0.123 e. The molecule has 1 heterocycles. The zero-order chi connectivity index (χ0) is 17.7. The standard InChI is InChI=1S/C22H22FN3/c23-19-5-7-20(8-6-19)26-12-21(25-13-26)15-2-1-14-9-16-3-4-17(22(16)24)11-18(14)10-15/h1-2,5-8,10,12-13,16-17,22H,3-4,9,11,24H2/t16?,17-,22+/m0/s1. The van der Waals surface area contributed by atoms with Crippen molar-refractivity contribution in [1.82, 2.24) is 9.55 Å². The molecule has 0 radical (unpaired) electrons. The van der Waals surface area contributed by atoms with Crippen molar-refractivity contribution in [2.24, 2.45) is 17.6 Å². The van der Waals surface area contributed by atoms with Gasteiger partial charge in [-0.1, -0.05) is 12.1 Å². The number of halogens is 1. The fourth-order valence-corrected chi connectivity index (χ4v) is 4.64. The van der Waals surface area contributed by atoms with Crippen molar-refractivity contribution in [3.8, 4) is 16.9 Å². The number of nitrogens with two attached hydrogens (primary N) is 1. The van der Waals surface area contributed by atoms with E-state index in [1.807, 2.05) is 10.8 Å². The molecule has 1 fully saturated rings. The maximum absolute atomic E-state index is 13.1. The summed E-state index contributed by atoms with van der Waals surface area (Å²) in [6, 6.07) is 13.5. The van der Waals surface area contributed by atoms with Gasteiger partial charge in [-0.3, -0.25) is 0 Å². The molecule has 1 aromatic heterocycles. The van der Waals surface area contributed by atoms with E-state index >= 15 is 0 Å². The van der Waals surface area contributed by atoms with Gasteiger partial charge < -0.3 is 10.3 Å². The zero-order valence-electron chi connectivity index (χ0n) is 14.6. The SMILES string of the molecule is N[C@@H]1C2CC[C@H]1Cc1cc(-c3cn(-c4ccc(F)cc4)cn3)ccc1C2. The Labute approximate surface area is 152 Å². The number of benzene rings is 2. The second kappa shape index (κ2) is 6.06. The molecular weight excluding hydrogens is 325 g/mol. The summed E-state index contributed by atoms with van der Waals surface area (Å²) in [6.45, 7) is 0. The molecule has 2 aromatic carbocycles. The topological polar surface area (TPSA) is 43.8 Å². The first-order chi connectivity index (χ1) is 12.7. The number of imidazole rings is 1. The molecule has 2 aliphatic carbocycles. The Morgan fingerprint density at radius 3 is 2.46 bits per heavy atom. The van der Waals surface area contributed by atoms with Crippen LogP contribution in [0.25, 0.3) is 16.9 Å². The lowest BCUT2D eigenvalue weighted by atomic mass is 9.91. The van der Waals surface area contributed by atoms with E-state index in [2.05, 4.69) is 23.2 Å². The summed E-state index contributed by atoms with van der Waals surface area (Å²) in [5.74, 6) is 1.03. The summed E-state index contributed by atoms with van der Waals surface area (Å²) in [5, 5.41) is 0. The molecule has 2 N–H and O–H groups in total. The largest absolute Gasteiger partial charge is 0.327 e. The first-order valence-corrected chi connectivity index (χ1v) is 9.35. The Morgan fingerprint density at radius 2 is 1.69 bits per heavy atom. The van der Waals surface area contributed by atoms with Crippen LogP contribution < -0.4 is 5.73 Å². The molecule has 4 heteroatoms. The molecule has 3 atom stereocenters. The van der Waals surface area contributed by atoms with Gasteiger partial charge in [0.25, 0.3) is 0 Å². The average molecular weight is 347 g/mol. The summed E-state index contributed by atoms with van der Waals surface area (Å²) in [6.07, 6.45) is 8.51. The highest BCUT2D eigenvalue weighted by molar-refractivity contribution is 5.61. The van der Waals surface area contributed by atoms with Gasteiger partial charge in [-0.15, -0.1) is 0 Å². The summed E-state index contributed by atoms with van der Waals surface area (Å²) in [4.78, 5) is 4.57. The van der Waals surface area contributed by atoms with Gasteiger partial charge in [-0.25, -0.2) is 9.37 Å². The summed E-state index contributed by atoms with van der Waals surface area (Å²) in [7, 11) is 0. The Bertz CT molecular complexity index is 944. The third kappa shape index (κ3) is 2.65. The minimum Gasteiger partial charge on any atom is -0.327 e. The van der Waals surface area contributed by atoms with Gasteiger partial charge in [0.1, 0.15) is 5.82 Å². The summed E-state index contributed by atoms with van der Waals surface area (Å²) in [5.41, 5.74) is 12.3. The zero-order valence-corrected chi connectivity index (χ0v) is 14.6. The van der Waals surface area contributed by atoms with Crippen LogP contribution in [-0.4, -0.2) is 15.6 Å². The van der Waals surface area contributed by atoms with Crippen LogP contribution in [0.2, 0.25) is 0 Å². The first-order valence-electron chi connectivity index (χ1n) is 9.35. The van der Waals surface area contributed by atoms with Crippen LogP contribution in [0.4, 0.5) is 4.39 Å². The maximum atomic E-state index is 13.1. The molecule has 0 spiro atoms. The van der Waals surface area contributed by atoms with Crippen molar-refractivity contribution in [1.29, 1.82) is 0 Å². The number of fused-ring (bicyclic) bond motifs is 3.